The van der Waals surface area contributed by atoms with Gasteiger partial charge in [-0.05, 0) is 66.9 Å². The van der Waals surface area contributed by atoms with Crippen LogP contribution < -0.4 is 0 Å². The summed E-state index contributed by atoms with van der Waals surface area (Å²) >= 11 is 0. The second-order valence-electron chi connectivity index (χ2n) is 8.10. The fraction of sp³-hybridized carbons (Fsp3) is 0.591. The molecule has 2 aliphatic rings. The third-order valence-corrected chi connectivity index (χ3v) is 6.58. The van der Waals surface area contributed by atoms with E-state index in [0.717, 1.165) is 36.8 Å². The van der Waals surface area contributed by atoms with Gasteiger partial charge in [-0.3, -0.25) is 4.79 Å². The van der Waals surface area contributed by atoms with E-state index in [1.54, 1.807) is 0 Å². The van der Waals surface area contributed by atoms with Gasteiger partial charge in [0.1, 0.15) is 0 Å². The molecular weight excluding hydrogens is 296 g/mol. The number of carbonyl (C=O) groups is 1. The highest BCUT2D eigenvalue weighted by atomic mass is 16.3. The summed E-state index contributed by atoms with van der Waals surface area (Å²) in [6.07, 6.45) is 6.49. The number of benzene rings is 1. The number of carbonyl (C=O) groups excluding carboxylic acids is 1. The van der Waals surface area contributed by atoms with E-state index in [-0.39, 0.29) is 23.2 Å². The van der Waals surface area contributed by atoms with Crippen LogP contribution in [0, 0.1) is 24.2 Å². The lowest BCUT2D eigenvalue weighted by Crippen LogP contribution is -2.51. The number of Topliss-reactive ketones (excluding diaryl/α,β-unsaturated/α-hetero) is 1. The van der Waals surface area contributed by atoms with Crippen LogP contribution in [-0.4, -0.2) is 17.0 Å². The number of ketones is 1. The molecule has 2 saturated carbocycles. The van der Waals surface area contributed by atoms with Crippen molar-refractivity contribution in [2.45, 2.75) is 65.9 Å². The molecule has 1 aromatic carbocycles. The van der Waals surface area contributed by atoms with Crippen LogP contribution >= 0.6 is 0 Å². The minimum atomic E-state index is -0.293. The van der Waals surface area contributed by atoms with E-state index in [1.807, 2.05) is 0 Å². The van der Waals surface area contributed by atoms with E-state index in [1.165, 1.54) is 11.1 Å². The van der Waals surface area contributed by atoms with Crippen molar-refractivity contribution in [2.24, 2.45) is 17.3 Å². The molecule has 0 radical (unpaired) electrons. The molecule has 4 atom stereocenters. The Morgan fingerprint density at radius 3 is 2.75 bits per heavy atom. The Labute approximate surface area is 146 Å². The van der Waals surface area contributed by atoms with E-state index in [0.29, 0.717) is 12.3 Å². The van der Waals surface area contributed by atoms with E-state index in [2.05, 4.69) is 52.0 Å². The van der Waals surface area contributed by atoms with Crippen LogP contribution in [0.4, 0.5) is 0 Å². The summed E-state index contributed by atoms with van der Waals surface area (Å²) in [5.41, 5.74) is 4.42. The summed E-state index contributed by atoms with van der Waals surface area (Å²) in [5.74, 6) is 0.611. The molecule has 0 spiro atoms. The first-order valence-corrected chi connectivity index (χ1v) is 9.39. The Hall–Kier alpha value is -1.41. The van der Waals surface area contributed by atoms with Crippen molar-refractivity contribution in [2.75, 3.05) is 0 Å². The first-order chi connectivity index (χ1) is 11.4. The number of fused-ring (bicyclic) bond motifs is 1. The van der Waals surface area contributed by atoms with Crippen molar-refractivity contribution in [1.29, 1.82) is 0 Å². The smallest absolute Gasteiger partial charge is 0.161 e. The topological polar surface area (TPSA) is 37.3 Å². The standard InChI is InChI=1S/C22H30O2/c1-5-16-9-10-17(14(2)11-16)12-18-13-22(4)19(15(3)21(18)24)7-6-8-20(22)23/h9-12,15,19-20,23H,5-8,13H2,1-4H3/b18-12-/t15?,19?,20-,22-/m0/s1. The number of aryl methyl sites for hydroxylation is 2. The zero-order valence-electron chi connectivity index (χ0n) is 15.4. The Kier molecular flexibility index (Phi) is 4.70. The van der Waals surface area contributed by atoms with Crippen LogP contribution in [0.25, 0.3) is 6.08 Å². The normalized spacial score (nSPS) is 35.1. The Morgan fingerprint density at radius 1 is 1.33 bits per heavy atom. The van der Waals surface area contributed by atoms with Gasteiger partial charge >= 0.3 is 0 Å². The Balaban J connectivity index is 1.97. The average molecular weight is 326 g/mol. The third-order valence-electron chi connectivity index (χ3n) is 6.58. The minimum absolute atomic E-state index is 0.0140. The maximum Gasteiger partial charge on any atom is 0.161 e. The maximum atomic E-state index is 12.9. The number of hydrogen-bond acceptors (Lipinski definition) is 2. The van der Waals surface area contributed by atoms with E-state index in [9.17, 15) is 9.90 Å². The first kappa shape index (κ1) is 17.4. The lowest BCUT2D eigenvalue weighted by atomic mass is 9.54. The van der Waals surface area contributed by atoms with Crippen LogP contribution in [0.2, 0.25) is 0 Å². The van der Waals surface area contributed by atoms with Crippen LogP contribution in [0.1, 0.15) is 63.1 Å². The highest BCUT2D eigenvalue weighted by molar-refractivity contribution is 6.02. The van der Waals surface area contributed by atoms with Crippen molar-refractivity contribution in [3.05, 3.63) is 40.5 Å². The van der Waals surface area contributed by atoms with Gasteiger partial charge in [-0.1, -0.05) is 45.4 Å². The van der Waals surface area contributed by atoms with Crippen molar-refractivity contribution >= 4 is 11.9 Å². The molecule has 24 heavy (non-hydrogen) atoms. The summed E-state index contributed by atoms with van der Waals surface area (Å²) in [7, 11) is 0. The number of rotatable bonds is 2. The molecule has 0 aliphatic heterocycles. The molecule has 0 heterocycles. The second kappa shape index (κ2) is 6.48. The molecule has 2 fully saturated rings. The second-order valence-corrected chi connectivity index (χ2v) is 8.10. The molecule has 1 aromatic rings. The van der Waals surface area contributed by atoms with Gasteiger partial charge in [0.05, 0.1) is 6.10 Å². The van der Waals surface area contributed by atoms with E-state index >= 15 is 0 Å². The predicted octanol–water partition coefficient (Wildman–Crippen LogP) is 4.72. The summed E-state index contributed by atoms with van der Waals surface area (Å²) < 4.78 is 0. The molecule has 2 nitrogen and oxygen atoms in total. The molecule has 3 rings (SSSR count). The monoisotopic (exact) mass is 326 g/mol. The maximum absolute atomic E-state index is 12.9. The van der Waals surface area contributed by atoms with Crippen LogP contribution in [0.15, 0.2) is 23.8 Å². The predicted molar refractivity (Wildman–Crippen MR) is 98.8 cm³/mol. The molecular formula is C22H30O2. The highest BCUT2D eigenvalue weighted by Crippen LogP contribution is 2.53. The van der Waals surface area contributed by atoms with Crippen LogP contribution in [0.5, 0.6) is 0 Å². The molecule has 2 unspecified atom stereocenters. The SMILES string of the molecule is CCc1ccc(/C=C2/C[C@@]3(C)C(CCC[C@@H]3O)C(C)C2=O)c(C)c1. The van der Waals surface area contributed by atoms with Gasteiger partial charge in [-0.25, -0.2) is 0 Å². The summed E-state index contributed by atoms with van der Waals surface area (Å²) in [6, 6.07) is 6.49. The van der Waals surface area contributed by atoms with Gasteiger partial charge in [-0.2, -0.15) is 0 Å². The van der Waals surface area contributed by atoms with Gasteiger partial charge in [0, 0.05) is 11.3 Å². The molecule has 0 aromatic heterocycles. The number of hydrogen-bond donors (Lipinski definition) is 1. The molecule has 1 N–H and O–H groups in total. The van der Waals surface area contributed by atoms with Crippen molar-refractivity contribution in [3.63, 3.8) is 0 Å². The number of allylic oxidation sites excluding steroid dienone is 1. The largest absolute Gasteiger partial charge is 0.393 e. The Bertz CT molecular complexity index is 673. The Morgan fingerprint density at radius 2 is 2.08 bits per heavy atom. The van der Waals surface area contributed by atoms with Crippen LogP contribution in [0.3, 0.4) is 0 Å². The molecule has 0 saturated heterocycles. The molecule has 0 amide bonds. The van der Waals surface area contributed by atoms with Gasteiger partial charge in [0.25, 0.3) is 0 Å². The van der Waals surface area contributed by atoms with Crippen molar-refractivity contribution in [1.82, 2.24) is 0 Å². The van der Waals surface area contributed by atoms with E-state index < -0.39 is 0 Å². The van der Waals surface area contributed by atoms with Crippen molar-refractivity contribution in [3.8, 4) is 0 Å². The molecule has 130 valence electrons. The van der Waals surface area contributed by atoms with Gasteiger partial charge in [0.2, 0.25) is 0 Å². The molecule has 2 aliphatic carbocycles. The van der Waals surface area contributed by atoms with Crippen molar-refractivity contribution < 1.29 is 9.90 Å². The zero-order valence-corrected chi connectivity index (χ0v) is 15.4. The number of aliphatic hydroxyl groups is 1. The van der Waals surface area contributed by atoms with Gasteiger partial charge in [-0.15, -0.1) is 0 Å². The first-order valence-electron chi connectivity index (χ1n) is 9.39. The fourth-order valence-electron chi connectivity index (χ4n) is 4.91. The lowest BCUT2D eigenvalue weighted by molar-refractivity contribution is -0.133. The molecule has 0 bridgehead atoms. The molecule has 2 heteroatoms. The quantitative estimate of drug-likeness (QED) is 0.799. The zero-order chi connectivity index (χ0) is 17.5. The summed E-state index contributed by atoms with van der Waals surface area (Å²) in [5, 5.41) is 10.6. The van der Waals surface area contributed by atoms with Gasteiger partial charge < -0.3 is 5.11 Å². The number of aliphatic hydroxyl groups excluding tert-OH is 1. The fourth-order valence-corrected chi connectivity index (χ4v) is 4.91. The lowest BCUT2D eigenvalue weighted by Gasteiger charge is -2.51. The highest BCUT2D eigenvalue weighted by Gasteiger charge is 2.51. The summed E-state index contributed by atoms with van der Waals surface area (Å²) in [4.78, 5) is 12.9. The average Bonchev–Trinajstić information content (AvgIpc) is 2.56. The van der Waals surface area contributed by atoms with Gasteiger partial charge in [0.15, 0.2) is 5.78 Å². The van der Waals surface area contributed by atoms with Crippen LogP contribution in [-0.2, 0) is 11.2 Å². The van der Waals surface area contributed by atoms with E-state index in [4.69, 9.17) is 0 Å². The minimum Gasteiger partial charge on any atom is -0.393 e. The summed E-state index contributed by atoms with van der Waals surface area (Å²) in [6.45, 7) is 8.52. The third kappa shape index (κ3) is 2.86.